The molecular weight excluding hydrogens is 352 g/mol. The number of amides is 3. The number of anilines is 1. The van der Waals surface area contributed by atoms with Gasteiger partial charge in [0.25, 0.3) is 5.91 Å². The number of imide groups is 1. The van der Waals surface area contributed by atoms with Crippen molar-refractivity contribution in [2.75, 3.05) is 4.90 Å². The summed E-state index contributed by atoms with van der Waals surface area (Å²) >= 11 is 0. The Balaban J connectivity index is 1.42. The number of hydrogen-bond acceptors (Lipinski definition) is 3. The van der Waals surface area contributed by atoms with Gasteiger partial charge in [-0.1, -0.05) is 24.3 Å². The molecular formula is C23H22N2O3. The highest BCUT2D eigenvalue weighted by Gasteiger charge is 2.40. The van der Waals surface area contributed by atoms with Crippen LogP contribution in [-0.4, -0.2) is 28.7 Å². The maximum absolute atomic E-state index is 13.4. The maximum atomic E-state index is 13.4. The average molecular weight is 374 g/mol. The van der Waals surface area contributed by atoms with E-state index < -0.39 is 0 Å². The van der Waals surface area contributed by atoms with Gasteiger partial charge in [0.05, 0.1) is 11.7 Å². The topological polar surface area (TPSA) is 57.7 Å². The molecule has 5 heteroatoms. The van der Waals surface area contributed by atoms with Crippen molar-refractivity contribution in [1.29, 1.82) is 0 Å². The monoisotopic (exact) mass is 374 g/mol. The largest absolute Gasteiger partial charge is 0.329 e. The highest BCUT2D eigenvalue weighted by atomic mass is 16.2. The summed E-state index contributed by atoms with van der Waals surface area (Å²) < 4.78 is 0. The molecule has 0 unspecified atom stereocenters. The third-order valence-electron chi connectivity index (χ3n) is 6.04. The second-order valence-electron chi connectivity index (χ2n) is 7.87. The maximum Gasteiger partial charge on any atom is 0.254 e. The summed E-state index contributed by atoms with van der Waals surface area (Å²) in [5.41, 5.74) is 3.77. The lowest BCUT2D eigenvalue weighted by molar-refractivity contribution is -0.121. The van der Waals surface area contributed by atoms with Gasteiger partial charge in [0.1, 0.15) is 0 Å². The van der Waals surface area contributed by atoms with Crippen LogP contribution in [0.1, 0.15) is 59.6 Å². The third-order valence-corrected chi connectivity index (χ3v) is 6.04. The first-order chi connectivity index (χ1) is 13.6. The lowest BCUT2D eigenvalue weighted by Gasteiger charge is -2.30. The molecule has 5 rings (SSSR count). The van der Waals surface area contributed by atoms with Crippen LogP contribution in [-0.2, 0) is 16.0 Å². The molecule has 1 aliphatic heterocycles. The molecule has 2 fully saturated rings. The van der Waals surface area contributed by atoms with E-state index in [1.54, 1.807) is 24.3 Å². The number of carbonyl (C=O) groups is 3. The van der Waals surface area contributed by atoms with Crippen LogP contribution in [0.4, 0.5) is 5.69 Å². The van der Waals surface area contributed by atoms with Crippen molar-refractivity contribution in [2.45, 2.75) is 50.6 Å². The summed E-state index contributed by atoms with van der Waals surface area (Å²) in [5.74, 6) is -0.313. The predicted molar refractivity (Wildman–Crippen MR) is 105 cm³/mol. The van der Waals surface area contributed by atoms with Crippen LogP contribution in [0.15, 0.2) is 48.5 Å². The van der Waals surface area contributed by atoms with Gasteiger partial charge in [-0.3, -0.25) is 19.3 Å². The highest BCUT2D eigenvalue weighted by Crippen LogP contribution is 2.42. The number of carbonyl (C=O) groups excluding carboxylic acids is 3. The zero-order valence-corrected chi connectivity index (χ0v) is 15.6. The fourth-order valence-electron chi connectivity index (χ4n) is 4.50. The molecule has 0 radical (unpaired) electrons. The number of fused-ring (bicyclic) bond motifs is 1. The molecule has 3 amide bonds. The number of hydrogen-bond donors (Lipinski definition) is 0. The molecule has 3 aliphatic rings. The third kappa shape index (κ3) is 2.82. The molecule has 0 bridgehead atoms. The first kappa shape index (κ1) is 17.2. The zero-order valence-electron chi connectivity index (χ0n) is 15.6. The van der Waals surface area contributed by atoms with Gasteiger partial charge in [-0.2, -0.15) is 0 Å². The Morgan fingerprint density at radius 3 is 2.21 bits per heavy atom. The minimum atomic E-state index is -0.175. The standard InChI is InChI=1S/C23H22N2O3/c26-21-13-14-22(27)25(21)18-8-5-16(6-9-18)23(28)24(17-10-11-17)20-12-7-15-3-1-2-4-19(15)20/h1-6,8-9,17,20H,7,10-14H2/t20-/m0/s1. The number of nitrogens with zero attached hydrogens (tertiary/aromatic N) is 2. The van der Waals surface area contributed by atoms with E-state index in [-0.39, 0.29) is 36.6 Å². The van der Waals surface area contributed by atoms with Crippen LogP contribution in [0.25, 0.3) is 0 Å². The molecule has 1 heterocycles. The van der Waals surface area contributed by atoms with E-state index in [0.717, 1.165) is 25.7 Å². The minimum absolute atomic E-state index is 0.0369. The molecule has 0 spiro atoms. The summed E-state index contributed by atoms with van der Waals surface area (Å²) in [4.78, 5) is 40.5. The van der Waals surface area contributed by atoms with Gasteiger partial charge in [0.15, 0.2) is 0 Å². The van der Waals surface area contributed by atoms with Gasteiger partial charge < -0.3 is 4.90 Å². The molecule has 142 valence electrons. The molecule has 2 aromatic carbocycles. The summed E-state index contributed by atoms with van der Waals surface area (Å²) in [6, 6.07) is 15.8. The summed E-state index contributed by atoms with van der Waals surface area (Å²) in [6.45, 7) is 0. The van der Waals surface area contributed by atoms with Crippen LogP contribution < -0.4 is 4.90 Å². The summed E-state index contributed by atoms with van der Waals surface area (Å²) in [6.07, 6.45) is 4.61. The van der Waals surface area contributed by atoms with Gasteiger partial charge in [-0.15, -0.1) is 0 Å². The molecule has 1 atom stereocenters. The van der Waals surface area contributed by atoms with Crippen molar-refractivity contribution < 1.29 is 14.4 Å². The normalized spacial score (nSPS) is 21.1. The van der Waals surface area contributed by atoms with Crippen LogP contribution in [0.5, 0.6) is 0 Å². The van der Waals surface area contributed by atoms with E-state index in [0.29, 0.717) is 17.3 Å². The van der Waals surface area contributed by atoms with E-state index in [2.05, 4.69) is 23.1 Å². The SMILES string of the molecule is O=C1CCC(=O)N1c1ccc(C(=O)N(C2CC2)[C@H]2CCc3ccccc32)cc1. The molecule has 2 aliphatic carbocycles. The Morgan fingerprint density at radius 1 is 0.857 bits per heavy atom. The Kier molecular flexibility index (Phi) is 4.04. The van der Waals surface area contributed by atoms with Crippen LogP contribution in [0.3, 0.4) is 0 Å². The molecule has 1 saturated carbocycles. The van der Waals surface area contributed by atoms with Crippen LogP contribution >= 0.6 is 0 Å². The first-order valence-corrected chi connectivity index (χ1v) is 10.00. The van der Waals surface area contributed by atoms with E-state index in [1.165, 1.54) is 16.0 Å². The molecule has 28 heavy (non-hydrogen) atoms. The van der Waals surface area contributed by atoms with Gasteiger partial charge >= 0.3 is 0 Å². The van der Waals surface area contributed by atoms with Crippen molar-refractivity contribution in [3.8, 4) is 0 Å². The van der Waals surface area contributed by atoms with E-state index >= 15 is 0 Å². The smallest absolute Gasteiger partial charge is 0.254 e. The minimum Gasteiger partial charge on any atom is -0.329 e. The van der Waals surface area contributed by atoms with Crippen molar-refractivity contribution in [1.82, 2.24) is 4.90 Å². The van der Waals surface area contributed by atoms with Gasteiger partial charge in [0.2, 0.25) is 11.8 Å². The molecule has 2 aromatic rings. The fraction of sp³-hybridized carbons (Fsp3) is 0.348. The second-order valence-corrected chi connectivity index (χ2v) is 7.87. The Morgan fingerprint density at radius 2 is 1.54 bits per heavy atom. The van der Waals surface area contributed by atoms with E-state index in [1.807, 2.05) is 6.07 Å². The van der Waals surface area contributed by atoms with Gasteiger partial charge in [-0.25, -0.2) is 0 Å². The molecule has 5 nitrogen and oxygen atoms in total. The van der Waals surface area contributed by atoms with Crippen molar-refractivity contribution in [2.24, 2.45) is 0 Å². The fourth-order valence-corrected chi connectivity index (χ4v) is 4.50. The van der Waals surface area contributed by atoms with Crippen molar-refractivity contribution >= 4 is 23.4 Å². The number of benzene rings is 2. The zero-order chi connectivity index (χ0) is 19.3. The van der Waals surface area contributed by atoms with Crippen LogP contribution in [0, 0.1) is 0 Å². The molecule has 0 aromatic heterocycles. The van der Waals surface area contributed by atoms with E-state index in [4.69, 9.17) is 0 Å². The predicted octanol–water partition coefficient (Wildman–Crippen LogP) is 3.63. The summed E-state index contributed by atoms with van der Waals surface area (Å²) in [7, 11) is 0. The molecule has 0 N–H and O–H groups in total. The van der Waals surface area contributed by atoms with E-state index in [9.17, 15) is 14.4 Å². The lowest BCUT2D eigenvalue weighted by Crippen LogP contribution is -2.36. The number of rotatable bonds is 4. The average Bonchev–Trinajstić information content (AvgIpc) is 3.37. The van der Waals surface area contributed by atoms with Gasteiger partial charge in [-0.05, 0) is 61.1 Å². The summed E-state index contributed by atoms with van der Waals surface area (Å²) in [5, 5.41) is 0. The lowest BCUT2D eigenvalue weighted by atomic mass is 10.0. The first-order valence-electron chi connectivity index (χ1n) is 10.00. The highest BCUT2D eigenvalue weighted by molar-refractivity contribution is 6.19. The second kappa shape index (κ2) is 6.59. The van der Waals surface area contributed by atoms with Gasteiger partial charge in [0, 0.05) is 24.4 Å². The molecule has 1 saturated heterocycles. The quantitative estimate of drug-likeness (QED) is 0.768. The van der Waals surface area contributed by atoms with Crippen molar-refractivity contribution in [3.05, 3.63) is 65.2 Å². The Hall–Kier alpha value is -2.95. The Bertz CT molecular complexity index is 946. The van der Waals surface area contributed by atoms with Crippen molar-refractivity contribution in [3.63, 3.8) is 0 Å². The Labute approximate surface area is 163 Å². The number of aryl methyl sites for hydroxylation is 1. The van der Waals surface area contributed by atoms with Crippen LogP contribution in [0.2, 0.25) is 0 Å².